The van der Waals surface area contributed by atoms with Crippen LogP contribution in [0.15, 0.2) is 36.8 Å². The van der Waals surface area contributed by atoms with Gasteiger partial charge in [0.05, 0.1) is 65.3 Å². The van der Waals surface area contributed by atoms with Crippen molar-refractivity contribution in [1.82, 2.24) is 24.6 Å². The normalized spacial score (nSPS) is 22.1. The summed E-state index contributed by atoms with van der Waals surface area (Å²) < 4.78 is 59.4. The molecule has 13 heteroatoms. The van der Waals surface area contributed by atoms with Crippen molar-refractivity contribution in [2.24, 2.45) is 0 Å². The van der Waals surface area contributed by atoms with E-state index in [0.717, 1.165) is 43.8 Å². The van der Waals surface area contributed by atoms with Gasteiger partial charge in [-0.15, -0.1) is 0 Å². The number of pyridine rings is 2. The minimum Gasteiger partial charge on any atom is -0.379 e. The lowest BCUT2D eigenvalue weighted by Gasteiger charge is -2.41. The number of hydrogen-bond donors (Lipinski definition) is 1. The van der Waals surface area contributed by atoms with E-state index in [4.69, 9.17) is 4.74 Å². The average molecular weight is 558 g/mol. The van der Waals surface area contributed by atoms with Crippen LogP contribution < -0.4 is 5.32 Å². The Balaban J connectivity index is 1.26. The number of carbonyl (C=O) groups is 1. The number of amides is 1. The van der Waals surface area contributed by atoms with Crippen LogP contribution in [0.3, 0.4) is 0 Å². The third-order valence-electron chi connectivity index (χ3n) is 7.70. The summed E-state index contributed by atoms with van der Waals surface area (Å²) in [6.07, 6.45) is 1.61. The number of anilines is 1. The molecule has 3 aromatic heterocycles. The zero-order valence-corrected chi connectivity index (χ0v) is 21.7. The Hall–Kier alpha value is -3.89. The molecule has 5 rings (SSSR count). The fourth-order valence-electron chi connectivity index (χ4n) is 5.37. The smallest absolute Gasteiger partial charge is 0.379 e. The Morgan fingerprint density at radius 1 is 1.15 bits per heavy atom. The summed E-state index contributed by atoms with van der Waals surface area (Å²) in [5.74, 6) is -2.24. The second-order valence-electron chi connectivity index (χ2n) is 10.0. The van der Waals surface area contributed by atoms with Crippen molar-refractivity contribution < 1.29 is 27.1 Å². The van der Waals surface area contributed by atoms with Crippen molar-refractivity contribution in [2.75, 3.05) is 31.6 Å². The number of nitriles is 1. The van der Waals surface area contributed by atoms with Crippen LogP contribution in [-0.4, -0.2) is 62.9 Å². The molecule has 40 heavy (non-hydrogen) atoms. The molecule has 0 bridgehead atoms. The number of nitrogens with zero attached hydrogens (tertiary/aromatic N) is 6. The number of rotatable bonds is 5. The molecule has 2 fully saturated rings. The number of aromatic nitrogens is 4. The minimum absolute atomic E-state index is 0.0834. The molecule has 1 saturated carbocycles. The van der Waals surface area contributed by atoms with E-state index < -0.39 is 34.7 Å². The van der Waals surface area contributed by atoms with Gasteiger partial charge in [-0.1, -0.05) is 0 Å². The largest absolute Gasteiger partial charge is 0.417 e. The highest BCUT2D eigenvalue weighted by atomic mass is 19.4. The van der Waals surface area contributed by atoms with Crippen molar-refractivity contribution in [3.05, 3.63) is 65.1 Å². The van der Waals surface area contributed by atoms with Crippen LogP contribution in [0, 0.1) is 24.1 Å². The molecule has 1 saturated heterocycles. The van der Waals surface area contributed by atoms with Crippen molar-refractivity contribution in [3.8, 4) is 11.9 Å². The van der Waals surface area contributed by atoms with Gasteiger partial charge >= 0.3 is 6.18 Å². The fraction of sp³-hybridized carbons (Fsp3) is 0.444. The van der Waals surface area contributed by atoms with E-state index in [1.54, 1.807) is 12.1 Å². The van der Waals surface area contributed by atoms with Gasteiger partial charge in [0, 0.05) is 25.3 Å². The lowest BCUT2D eigenvalue weighted by atomic mass is 9.71. The van der Waals surface area contributed by atoms with Gasteiger partial charge in [0.25, 0.3) is 5.91 Å². The molecular weight excluding hydrogens is 530 g/mol. The summed E-state index contributed by atoms with van der Waals surface area (Å²) in [7, 11) is 0. The summed E-state index contributed by atoms with van der Waals surface area (Å²) in [5.41, 5.74) is -0.609. The van der Waals surface area contributed by atoms with Crippen LogP contribution in [0.1, 0.15) is 53.0 Å². The van der Waals surface area contributed by atoms with Gasteiger partial charge in [0.15, 0.2) is 11.6 Å². The Morgan fingerprint density at radius 2 is 1.88 bits per heavy atom. The van der Waals surface area contributed by atoms with Crippen LogP contribution in [0.25, 0.3) is 5.82 Å². The Kier molecular flexibility index (Phi) is 7.57. The molecule has 210 valence electrons. The Bertz CT molecular complexity index is 1420. The van der Waals surface area contributed by atoms with Crippen LogP contribution in [-0.2, 0) is 16.3 Å². The number of morpholine rings is 1. The lowest BCUT2D eigenvalue weighted by molar-refractivity contribution is -0.138. The molecular formula is C27H27F4N7O2. The molecule has 4 heterocycles. The quantitative estimate of drug-likeness (QED) is 0.463. The molecule has 0 radical (unpaired) electrons. The van der Waals surface area contributed by atoms with E-state index in [1.807, 2.05) is 0 Å². The topological polar surface area (TPSA) is 109 Å². The van der Waals surface area contributed by atoms with Crippen LogP contribution >= 0.6 is 0 Å². The molecule has 1 amide bonds. The Morgan fingerprint density at radius 3 is 2.48 bits per heavy atom. The first-order valence-electron chi connectivity index (χ1n) is 12.9. The van der Waals surface area contributed by atoms with Crippen LogP contribution in [0.2, 0.25) is 0 Å². The Labute approximate surface area is 227 Å². The van der Waals surface area contributed by atoms with E-state index in [2.05, 4.69) is 31.4 Å². The summed E-state index contributed by atoms with van der Waals surface area (Å²) in [5, 5.41) is 16.7. The first-order valence-corrected chi connectivity index (χ1v) is 12.9. The molecule has 3 aromatic rings. The predicted molar refractivity (Wildman–Crippen MR) is 135 cm³/mol. The molecule has 0 unspecified atom stereocenters. The van der Waals surface area contributed by atoms with Crippen LogP contribution in [0.4, 0.5) is 23.2 Å². The lowest BCUT2D eigenvalue weighted by Crippen LogP contribution is -2.47. The monoisotopic (exact) mass is 557 g/mol. The number of nitrogens with one attached hydrogen (secondary N) is 1. The van der Waals surface area contributed by atoms with Gasteiger partial charge < -0.3 is 10.1 Å². The van der Waals surface area contributed by atoms with Gasteiger partial charge in [-0.25, -0.2) is 14.1 Å². The molecule has 0 spiro atoms. The standard InChI is InChI=1S/C27H27F4N7O2/c1-17-21(15-35-38(17)24-22(28)12-18(13-34-24)27(29,30)31)25(39)36-19-2-3-23(33-14-19)26(16-32)6-4-20(5-7-26)37-8-10-40-11-9-37/h2-3,12-15,20H,4-11H2,1H3,(H,36,39). The summed E-state index contributed by atoms with van der Waals surface area (Å²) >= 11 is 0. The highest BCUT2D eigenvalue weighted by Gasteiger charge is 2.40. The van der Waals surface area contributed by atoms with Gasteiger partial charge in [-0.3, -0.25) is 14.7 Å². The zero-order valence-electron chi connectivity index (χ0n) is 21.7. The molecule has 2 aliphatic rings. The highest BCUT2D eigenvalue weighted by Crippen LogP contribution is 2.40. The minimum atomic E-state index is -4.74. The van der Waals surface area contributed by atoms with E-state index in [-0.39, 0.29) is 11.3 Å². The predicted octanol–water partition coefficient (Wildman–Crippen LogP) is 4.42. The molecule has 9 nitrogen and oxygen atoms in total. The second kappa shape index (κ2) is 10.9. The average Bonchev–Trinajstić information content (AvgIpc) is 3.34. The number of alkyl halides is 3. The van der Waals surface area contributed by atoms with E-state index in [1.165, 1.54) is 19.3 Å². The summed E-state index contributed by atoms with van der Waals surface area (Å²) in [6, 6.07) is 6.66. The molecule has 1 aliphatic carbocycles. The molecule has 1 aliphatic heterocycles. The van der Waals surface area contributed by atoms with Gasteiger partial charge in [0.2, 0.25) is 0 Å². The zero-order chi connectivity index (χ0) is 28.5. The van der Waals surface area contributed by atoms with Gasteiger partial charge in [0.1, 0.15) is 0 Å². The highest BCUT2D eigenvalue weighted by molar-refractivity contribution is 6.04. The molecule has 0 atom stereocenters. The number of carbonyl (C=O) groups excluding carboxylic acids is 1. The van der Waals surface area contributed by atoms with E-state index in [9.17, 15) is 27.6 Å². The third-order valence-corrected chi connectivity index (χ3v) is 7.70. The number of halogens is 4. The maximum atomic E-state index is 14.4. The van der Waals surface area contributed by atoms with Gasteiger partial charge in [-0.2, -0.15) is 23.5 Å². The SMILES string of the molecule is Cc1c(C(=O)Nc2ccc(C3(C#N)CCC(N4CCOCC4)CC3)nc2)cnn1-c1ncc(C(F)(F)F)cc1F. The fourth-order valence-corrected chi connectivity index (χ4v) is 5.37. The van der Waals surface area contributed by atoms with E-state index >= 15 is 0 Å². The molecule has 1 N–H and O–H groups in total. The third kappa shape index (κ3) is 5.41. The van der Waals surface area contributed by atoms with E-state index in [0.29, 0.717) is 42.5 Å². The second-order valence-corrected chi connectivity index (χ2v) is 10.0. The van der Waals surface area contributed by atoms with Crippen LogP contribution in [0.5, 0.6) is 0 Å². The van der Waals surface area contributed by atoms with Crippen molar-refractivity contribution in [1.29, 1.82) is 5.26 Å². The van der Waals surface area contributed by atoms with Gasteiger partial charge in [-0.05, 0) is 50.8 Å². The summed E-state index contributed by atoms with van der Waals surface area (Å²) in [6.45, 7) is 4.76. The van der Waals surface area contributed by atoms with Crippen molar-refractivity contribution in [3.63, 3.8) is 0 Å². The molecule has 0 aromatic carbocycles. The first kappa shape index (κ1) is 27.7. The number of hydrogen-bond acceptors (Lipinski definition) is 7. The summed E-state index contributed by atoms with van der Waals surface area (Å²) in [4.78, 5) is 23.4. The first-order chi connectivity index (χ1) is 19.1. The maximum Gasteiger partial charge on any atom is 0.417 e. The van der Waals surface area contributed by atoms with Crippen molar-refractivity contribution >= 4 is 11.6 Å². The number of ether oxygens (including phenoxy) is 1. The van der Waals surface area contributed by atoms with Crippen molar-refractivity contribution in [2.45, 2.75) is 50.2 Å². The maximum absolute atomic E-state index is 14.4.